The molecule has 1 heterocycles. The zero-order valence-electron chi connectivity index (χ0n) is 10.3. The number of halogens is 1. The maximum absolute atomic E-state index is 4.63. The Balaban J connectivity index is 2.29. The summed E-state index contributed by atoms with van der Waals surface area (Å²) in [4.78, 5) is 0. The van der Waals surface area contributed by atoms with Crippen molar-refractivity contribution in [1.29, 1.82) is 0 Å². The van der Waals surface area contributed by atoms with Gasteiger partial charge in [0.2, 0.25) is 0 Å². The monoisotopic (exact) mass is 292 g/mol. The molecule has 2 aromatic rings. The minimum absolute atomic E-state index is 0.838. The second-order valence-electron chi connectivity index (χ2n) is 4.08. The van der Waals surface area contributed by atoms with Crippen LogP contribution in [0.2, 0.25) is 0 Å². The highest BCUT2D eigenvalue weighted by Gasteiger charge is 2.07. The lowest BCUT2D eigenvalue weighted by molar-refractivity contribution is 0.639. The summed E-state index contributed by atoms with van der Waals surface area (Å²) in [5, 5.41) is 4.63. The Hall–Kier alpha value is -1.09. The molecule has 0 fully saturated rings. The molecule has 0 aliphatic rings. The molecule has 1 aromatic heterocycles. The van der Waals surface area contributed by atoms with Gasteiger partial charge in [-0.25, -0.2) is 0 Å². The summed E-state index contributed by atoms with van der Waals surface area (Å²) in [6, 6.07) is 10.5. The fourth-order valence-corrected chi connectivity index (χ4v) is 2.31. The summed E-state index contributed by atoms with van der Waals surface area (Å²) in [5.74, 6) is 0. The van der Waals surface area contributed by atoms with Gasteiger partial charge in [0.25, 0.3) is 0 Å². The van der Waals surface area contributed by atoms with Crippen LogP contribution in [0.3, 0.4) is 0 Å². The van der Waals surface area contributed by atoms with E-state index in [-0.39, 0.29) is 0 Å². The van der Waals surface area contributed by atoms with Gasteiger partial charge in [-0.1, -0.05) is 48.0 Å². The van der Waals surface area contributed by atoms with Gasteiger partial charge in [-0.15, -0.1) is 0 Å². The average molecular weight is 293 g/mol. The average Bonchev–Trinajstić information content (AvgIpc) is 2.74. The third-order valence-corrected chi connectivity index (χ3v) is 3.69. The standard InChI is InChI=1S/C14H17BrN2/c1-3-12-9-13(4-2)17(16-12)10-11-7-5-6-8-14(11)15/h5-9H,3-4,10H2,1-2H3. The number of hydrogen-bond donors (Lipinski definition) is 0. The van der Waals surface area contributed by atoms with Crippen molar-refractivity contribution >= 4 is 15.9 Å². The molecule has 0 bridgehead atoms. The molecular weight excluding hydrogens is 276 g/mol. The minimum atomic E-state index is 0.838. The van der Waals surface area contributed by atoms with E-state index in [0.717, 1.165) is 23.9 Å². The van der Waals surface area contributed by atoms with E-state index < -0.39 is 0 Å². The van der Waals surface area contributed by atoms with Crippen LogP contribution < -0.4 is 0 Å². The van der Waals surface area contributed by atoms with Crippen LogP contribution in [0.5, 0.6) is 0 Å². The maximum Gasteiger partial charge on any atom is 0.0673 e. The molecule has 0 aliphatic heterocycles. The smallest absolute Gasteiger partial charge is 0.0673 e. The Morgan fingerprint density at radius 1 is 1.18 bits per heavy atom. The van der Waals surface area contributed by atoms with Gasteiger partial charge in [0.15, 0.2) is 0 Å². The van der Waals surface area contributed by atoms with E-state index in [0.29, 0.717) is 0 Å². The molecule has 0 spiro atoms. The first-order valence-corrected chi connectivity index (χ1v) is 6.82. The first-order valence-electron chi connectivity index (χ1n) is 6.03. The number of benzene rings is 1. The molecule has 2 nitrogen and oxygen atoms in total. The molecule has 3 heteroatoms. The minimum Gasteiger partial charge on any atom is -0.265 e. The summed E-state index contributed by atoms with van der Waals surface area (Å²) >= 11 is 3.58. The molecule has 0 saturated carbocycles. The van der Waals surface area contributed by atoms with Crippen LogP contribution in [0.4, 0.5) is 0 Å². The Labute approximate surface area is 111 Å². The number of aryl methyl sites for hydroxylation is 2. The first kappa shape index (κ1) is 12.4. The number of rotatable bonds is 4. The maximum atomic E-state index is 4.63. The molecule has 17 heavy (non-hydrogen) atoms. The third kappa shape index (κ3) is 2.78. The van der Waals surface area contributed by atoms with Crippen molar-refractivity contribution in [2.75, 3.05) is 0 Å². The highest BCUT2D eigenvalue weighted by Crippen LogP contribution is 2.18. The van der Waals surface area contributed by atoms with Gasteiger partial charge in [-0.3, -0.25) is 4.68 Å². The predicted octanol–water partition coefficient (Wildman–Crippen LogP) is 3.82. The van der Waals surface area contributed by atoms with Crippen molar-refractivity contribution in [2.45, 2.75) is 33.2 Å². The predicted molar refractivity (Wildman–Crippen MR) is 74.2 cm³/mol. The van der Waals surface area contributed by atoms with E-state index >= 15 is 0 Å². The summed E-state index contributed by atoms with van der Waals surface area (Å²) < 4.78 is 3.26. The lowest BCUT2D eigenvalue weighted by atomic mass is 10.2. The molecular formula is C14H17BrN2. The van der Waals surface area contributed by atoms with Crippen molar-refractivity contribution in [1.82, 2.24) is 9.78 Å². The molecule has 0 N–H and O–H groups in total. The van der Waals surface area contributed by atoms with Crippen LogP contribution in [0.25, 0.3) is 0 Å². The lowest BCUT2D eigenvalue weighted by Gasteiger charge is -2.07. The van der Waals surface area contributed by atoms with Crippen LogP contribution in [-0.4, -0.2) is 9.78 Å². The Kier molecular flexibility index (Phi) is 4.00. The molecule has 0 atom stereocenters. The van der Waals surface area contributed by atoms with E-state index in [4.69, 9.17) is 0 Å². The molecule has 0 amide bonds. The van der Waals surface area contributed by atoms with Crippen LogP contribution in [0.1, 0.15) is 30.8 Å². The van der Waals surface area contributed by atoms with Crippen molar-refractivity contribution in [3.63, 3.8) is 0 Å². The van der Waals surface area contributed by atoms with Gasteiger partial charge >= 0.3 is 0 Å². The number of nitrogens with zero attached hydrogens (tertiary/aromatic N) is 2. The summed E-state index contributed by atoms with van der Waals surface area (Å²) in [5.41, 5.74) is 3.75. The van der Waals surface area contributed by atoms with Crippen LogP contribution in [-0.2, 0) is 19.4 Å². The summed E-state index contributed by atoms with van der Waals surface area (Å²) in [7, 11) is 0. The van der Waals surface area contributed by atoms with Gasteiger partial charge in [-0.05, 0) is 30.5 Å². The number of hydrogen-bond acceptors (Lipinski definition) is 1. The van der Waals surface area contributed by atoms with E-state index in [9.17, 15) is 0 Å². The highest BCUT2D eigenvalue weighted by atomic mass is 79.9. The van der Waals surface area contributed by atoms with Gasteiger partial charge in [-0.2, -0.15) is 5.10 Å². The van der Waals surface area contributed by atoms with E-state index in [1.807, 2.05) is 6.07 Å². The van der Waals surface area contributed by atoms with Crippen LogP contribution in [0.15, 0.2) is 34.8 Å². The molecule has 1 aromatic carbocycles. The van der Waals surface area contributed by atoms with Gasteiger partial charge in [0.05, 0.1) is 12.2 Å². The second kappa shape index (κ2) is 5.50. The van der Waals surface area contributed by atoms with Gasteiger partial charge in [0, 0.05) is 10.2 Å². The van der Waals surface area contributed by atoms with Gasteiger partial charge < -0.3 is 0 Å². The molecule has 0 radical (unpaired) electrons. The molecule has 0 saturated heterocycles. The molecule has 90 valence electrons. The second-order valence-corrected chi connectivity index (χ2v) is 4.94. The largest absolute Gasteiger partial charge is 0.265 e. The van der Waals surface area contributed by atoms with Crippen molar-refractivity contribution in [3.05, 3.63) is 51.8 Å². The normalized spacial score (nSPS) is 10.8. The third-order valence-electron chi connectivity index (χ3n) is 2.92. The molecule has 0 unspecified atom stereocenters. The molecule has 0 aliphatic carbocycles. The van der Waals surface area contributed by atoms with Crippen LogP contribution in [0, 0.1) is 0 Å². The topological polar surface area (TPSA) is 17.8 Å². The van der Waals surface area contributed by atoms with Crippen LogP contribution >= 0.6 is 15.9 Å². The van der Waals surface area contributed by atoms with Crippen molar-refractivity contribution < 1.29 is 0 Å². The zero-order chi connectivity index (χ0) is 12.3. The highest BCUT2D eigenvalue weighted by molar-refractivity contribution is 9.10. The summed E-state index contributed by atoms with van der Waals surface area (Å²) in [6.07, 6.45) is 2.02. The van der Waals surface area contributed by atoms with Crippen molar-refractivity contribution in [2.24, 2.45) is 0 Å². The first-order chi connectivity index (χ1) is 8.24. The summed E-state index contributed by atoms with van der Waals surface area (Å²) in [6.45, 7) is 5.15. The fourth-order valence-electron chi connectivity index (χ4n) is 1.90. The Morgan fingerprint density at radius 2 is 1.94 bits per heavy atom. The quantitative estimate of drug-likeness (QED) is 0.838. The Bertz CT molecular complexity index is 503. The number of aromatic nitrogens is 2. The van der Waals surface area contributed by atoms with Crippen molar-refractivity contribution in [3.8, 4) is 0 Å². The lowest BCUT2D eigenvalue weighted by Crippen LogP contribution is -2.06. The van der Waals surface area contributed by atoms with E-state index in [1.54, 1.807) is 0 Å². The zero-order valence-corrected chi connectivity index (χ0v) is 11.9. The SMILES string of the molecule is CCc1cc(CC)n(Cc2ccccc2Br)n1. The van der Waals surface area contributed by atoms with Gasteiger partial charge in [0.1, 0.15) is 0 Å². The Morgan fingerprint density at radius 3 is 2.59 bits per heavy atom. The van der Waals surface area contributed by atoms with E-state index in [2.05, 4.69) is 63.8 Å². The van der Waals surface area contributed by atoms with E-state index in [1.165, 1.54) is 17.0 Å². The molecule has 2 rings (SSSR count). The fraction of sp³-hybridized carbons (Fsp3) is 0.357.